The predicted octanol–water partition coefficient (Wildman–Crippen LogP) is 0.776. The van der Waals surface area contributed by atoms with Crippen LogP contribution >= 0.6 is 0 Å². The molecule has 0 saturated heterocycles. The summed E-state index contributed by atoms with van der Waals surface area (Å²) in [5.74, 6) is -1.88. The lowest BCUT2D eigenvalue weighted by atomic mass is 10.2. The maximum Gasteiger partial charge on any atom is 0.305 e. The number of carbonyl (C=O) groups excluding carboxylic acids is 2. The molecule has 2 amide bonds. The largest absolute Gasteiger partial charge is 0.481 e. The number of nitrogens with one attached hydrogen (secondary N) is 2. The zero-order chi connectivity index (χ0) is 15.1. The van der Waals surface area contributed by atoms with Crippen molar-refractivity contribution in [3.63, 3.8) is 0 Å². The van der Waals surface area contributed by atoms with Crippen LogP contribution in [0.3, 0.4) is 0 Å². The lowest BCUT2D eigenvalue weighted by Crippen LogP contribution is -2.37. The monoisotopic (exact) mass is 279 g/mol. The van der Waals surface area contributed by atoms with Crippen LogP contribution in [0, 0.1) is 0 Å². The molecule has 7 nitrogen and oxygen atoms in total. The molecular formula is C13H17N3O4. The molecule has 0 bridgehead atoms. The van der Waals surface area contributed by atoms with E-state index in [4.69, 9.17) is 10.8 Å². The van der Waals surface area contributed by atoms with E-state index in [-0.39, 0.29) is 5.91 Å². The summed E-state index contributed by atoms with van der Waals surface area (Å²) in [5, 5.41) is 13.7. The minimum Gasteiger partial charge on any atom is -0.481 e. The molecule has 0 aliphatic heterocycles. The van der Waals surface area contributed by atoms with E-state index in [9.17, 15) is 14.4 Å². The van der Waals surface area contributed by atoms with Crippen LogP contribution in [-0.2, 0) is 14.4 Å². The maximum absolute atomic E-state index is 11.7. The van der Waals surface area contributed by atoms with Crippen LogP contribution in [0.4, 0.5) is 11.4 Å². The maximum atomic E-state index is 11.7. The number of carboxylic acids is 1. The Morgan fingerprint density at radius 2 is 1.85 bits per heavy atom. The second kappa shape index (κ2) is 7.25. The number of carboxylic acid groups (broad SMARTS) is 1. The van der Waals surface area contributed by atoms with Crippen molar-refractivity contribution < 1.29 is 19.5 Å². The molecule has 0 heterocycles. The summed E-state index contributed by atoms with van der Waals surface area (Å²) in [6.45, 7) is 1.73. The van der Waals surface area contributed by atoms with Gasteiger partial charge in [0.15, 0.2) is 0 Å². The van der Waals surface area contributed by atoms with Crippen LogP contribution in [0.15, 0.2) is 24.3 Å². The molecule has 0 aromatic heterocycles. The molecule has 20 heavy (non-hydrogen) atoms. The van der Waals surface area contributed by atoms with Crippen LogP contribution < -0.4 is 16.4 Å². The zero-order valence-corrected chi connectivity index (χ0v) is 11.1. The second-order valence-corrected chi connectivity index (χ2v) is 4.18. The van der Waals surface area contributed by atoms with E-state index in [0.29, 0.717) is 17.8 Å². The minimum atomic E-state index is -1.14. The van der Waals surface area contributed by atoms with Crippen molar-refractivity contribution in [2.45, 2.75) is 25.8 Å². The van der Waals surface area contributed by atoms with Crippen molar-refractivity contribution in [3.8, 4) is 0 Å². The Hall–Kier alpha value is -2.41. The average Bonchev–Trinajstić information content (AvgIpc) is 2.38. The molecule has 0 saturated carbocycles. The third-order valence-electron chi connectivity index (χ3n) is 2.47. The Kier molecular flexibility index (Phi) is 5.67. The van der Waals surface area contributed by atoms with Crippen LogP contribution in [-0.4, -0.2) is 28.9 Å². The van der Waals surface area contributed by atoms with E-state index in [1.807, 2.05) is 0 Å². The van der Waals surface area contributed by atoms with Gasteiger partial charge in [0.05, 0.1) is 12.5 Å². The molecule has 0 aliphatic rings. The third-order valence-corrected chi connectivity index (χ3v) is 2.47. The van der Waals surface area contributed by atoms with E-state index in [1.54, 1.807) is 31.2 Å². The number of carbonyl (C=O) groups is 3. The smallest absolute Gasteiger partial charge is 0.305 e. The molecule has 1 rings (SSSR count). The fourth-order valence-electron chi connectivity index (χ4n) is 1.44. The first-order valence-electron chi connectivity index (χ1n) is 6.10. The Labute approximate surface area is 116 Å². The molecule has 5 N–H and O–H groups in total. The first-order valence-corrected chi connectivity index (χ1v) is 6.10. The van der Waals surface area contributed by atoms with Gasteiger partial charge in [-0.05, 0) is 18.2 Å². The van der Waals surface area contributed by atoms with Gasteiger partial charge in [0.25, 0.3) is 0 Å². The number of benzene rings is 1. The highest BCUT2D eigenvalue weighted by Gasteiger charge is 2.17. The van der Waals surface area contributed by atoms with Crippen molar-refractivity contribution in [3.05, 3.63) is 24.3 Å². The van der Waals surface area contributed by atoms with Crippen LogP contribution in [0.2, 0.25) is 0 Å². The van der Waals surface area contributed by atoms with E-state index in [0.717, 1.165) is 0 Å². The van der Waals surface area contributed by atoms with Crippen molar-refractivity contribution in [1.82, 2.24) is 0 Å². The summed E-state index contributed by atoms with van der Waals surface area (Å²) in [5.41, 5.74) is 6.42. The highest BCUT2D eigenvalue weighted by Crippen LogP contribution is 2.15. The molecule has 0 spiro atoms. The Morgan fingerprint density at radius 1 is 1.25 bits per heavy atom. The summed E-state index contributed by atoms with van der Waals surface area (Å²) < 4.78 is 0. The fourth-order valence-corrected chi connectivity index (χ4v) is 1.44. The van der Waals surface area contributed by atoms with E-state index in [2.05, 4.69) is 10.6 Å². The normalized spacial score (nSPS) is 11.5. The molecule has 0 aliphatic carbocycles. The van der Waals surface area contributed by atoms with Crippen molar-refractivity contribution in [2.24, 2.45) is 5.73 Å². The van der Waals surface area contributed by atoms with Gasteiger partial charge in [-0.25, -0.2) is 0 Å². The molecule has 1 aromatic carbocycles. The number of amides is 2. The van der Waals surface area contributed by atoms with Gasteiger partial charge in [0.1, 0.15) is 0 Å². The Morgan fingerprint density at radius 3 is 2.40 bits per heavy atom. The summed E-state index contributed by atoms with van der Waals surface area (Å²) in [4.78, 5) is 33.4. The van der Waals surface area contributed by atoms with Crippen molar-refractivity contribution in [2.75, 3.05) is 10.6 Å². The van der Waals surface area contributed by atoms with Gasteiger partial charge in [0, 0.05) is 17.8 Å². The summed E-state index contributed by atoms with van der Waals surface area (Å²) in [6.07, 6.45) is -0.0990. The molecule has 1 unspecified atom stereocenters. The highest BCUT2D eigenvalue weighted by atomic mass is 16.4. The van der Waals surface area contributed by atoms with Gasteiger partial charge in [-0.2, -0.15) is 0 Å². The summed E-state index contributed by atoms with van der Waals surface area (Å²) >= 11 is 0. The number of hydrogen-bond acceptors (Lipinski definition) is 4. The summed E-state index contributed by atoms with van der Waals surface area (Å²) in [7, 11) is 0. The molecule has 0 radical (unpaired) electrons. The number of aliphatic carboxylic acids is 1. The predicted molar refractivity (Wildman–Crippen MR) is 74.2 cm³/mol. The average molecular weight is 279 g/mol. The van der Waals surface area contributed by atoms with Crippen LogP contribution in [0.5, 0.6) is 0 Å². The van der Waals surface area contributed by atoms with Crippen molar-refractivity contribution >= 4 is 29.2 Å². The van der Waals surface area contributed by atoms with Gasteiger partial charge in [0.2, 0.25) is 11.8 Å². The van der Waals surface area contributed by atoms with Gasteiger partial charge in [-0.3, -0.25) is 14.4 Å². The highest BCUT2D eigenvalue weighted by molar-refractivity contribution is 5.97. The number of anilines is 2. The molecule has 1 aromatic rings. The molecule has 0 fully saturated rings. The van der Waals surface area contributed by atoms with Gasteiger partial charge < -0.3 is 21.5 Å². The Bertz CT molecular complexity index is 516. The van der Waals surface area contributed by atoms with E-state index in [1.165, 1.54) is 0 Å². The molecule has 1 atom stereocenters. The lowest BCUT2D eigenvalue weighted by Gasteiger charge is -2.11. The Balaban J connectivity index is 2.68. The van der Waals surface area contributed by atoms with Crippen LogP contribution in [0.25, 0.3) is 0 Å². The molecule has 108 valence electrons. The number of nitrogens with two attached hydrogens (primary N) is 1. The van der Waals surface area contributed by atoms with Crippen LogP contribution in [0.1, 0.15) is 19.8 Å². The molecular weight excluding hydrogens is 262 g/mol. The summed E-state index contributed by atoms with van der Waals surface area (Å²) in [6, 6.07) is 5.40. The molecule has 7 heteroatoms. The number of rotatable bonds is 6. The standard InChI is InChI=1S/C13H17N3O4/c1-2-11(17)15-8-4-3-5-9(6-8)16-13(20)10(14)7-12(18)19/h3-6,10H,2,7,14H2,1H3,(H,15,17)(H,16,20)(H,18,19). The number of hydrogen-bond donors (Lipinski definition) is 4. The van der Waals surface area contributed by atoms with Crippen molar-refractivity contribution in [1.29, 1.82) is 0 Å². The topological polar surface area (TPSA) is 122 Å². The lowest BCUT2D eigenvalue weighted by molar-refractivity contribution is -0.138. The third kappa shape index (κ3) is 5.07. The first-order chi connectivity index (χ1) is 9.42. The SMILES string of the molecule is CCC(=O)Nc1cccc(NC(=O)C(N)CC(=O)O)c1. The minimum absolute atomic E-state index is 0.143. The quantitative estimate of drug-likeness (QED) is 0.613. The zero-order valence-electron chi connectivity index (χ0n) is 11.1. The fraction of sp³-hybridized carbons (Fsp3) is 0.308. The van der Waals surface area contributed by atoms with Gasteiger partial charge in [-0.1, -0.05) is 13.0 Å². The van der Waals surface area contributed by atoms with E-state index < -0.39 is 24.3 Å². The van der Waals surface area contributed by atoms with Gasteiger partial charge in [-0.15, -0.1) is 0 Å². The first kappa shape index (κ1) is 15.6. The second-order valence-electron chi connectivity index (χ2n) is 4.18. The van der Waals surface area contributed by atoms with E-state index >= 15 is 0 Å². The van der Waals surface area contributed by atoms with Gasteiger partial charge >= 0.3 is 5.97 Å².